The first-order valence-electron chi connectivity index (χ1n) is 5.00. The van der Waals surface area contributed by atoms with Crippen molar-refractivity contribution in [3.05, 3.63) is 23.3 Å². The Bertz CT molecular complexity index is 465. The highest BCUT2D eigenvalue weighted by molar-refractivity contribution is 5.78. The number of hydrogen-bond donors (Lipinski definition) is 2. The zero-order valence-corrected chi connectivity index (χ0v) is 9.87. The number of aliphatic carboxylic acids is 1. The van der Waals surface area contributed by atoms with E-state index in [-0.39, 0.29) is 23.6 Å². The Morgan fingerprint density at radius 3 is 2.28 bits per heavy atom. The third-order valence-electron chi connectivity index (χ3n) is 2.47. The smallest absolute Gasteiger partial charge is 0.312 e. The Hall–Kier alpha value is -1.89. The minimum Gasteiger partial charge on any atom is -0.492 e. The zero-order chi connectivity index (χ0) is 13.9. The molecular formula is C11H13F2NO4. The van der Waals surface area contributed by atoms with Gasteiger partial charge in [-0.15, -0.1) is 0 Å². The molecule has 1 aromatic carbocycles. The fraction of sp³-hybridized carbons (Fsp3) is 0.364. The van der Waals surface area contributed by atoms with Gasteiger partial charge >= 0.3 is 5.97 Å². The lowest BCUT2D eigenvalue weighted by Gasteiger charge is -2.18. The third-order valence-corrected chi connectivity index (χ3v) is 2.47. The van der Waals surface area contributed by atoms with E-state index in [1.165, 1.54) is 7.11 Å². The van der Waals surface area contributed by atoms with Crippen molar-refractivity contribution in [2.24, 2.45) is 5.73 Å². The molecule has 0 heterocycles. The summed E-state index contributed by atoms with van der Waals surface area (Å²) in [5.41, 5.74) is 4.96. The van der Waals surface area contributed by atoms with E-state index in [0.717, 1.165) is 7.11 Å². The van der Waals surface area contributed by atoms with Crippen molar-refractivity contribution in [3.63, 3.8) is 0 Å². The second-order valence-corrected chi connectivity index (χ2v) is 3.45. The summed E-state index contributed by atoms with van der Waals surface area (Å²) in [6, 6.07) is 0.544. The van der Waals surface area contributed by atoms with Crippen molar-refractivity contribution >= 4 is 5.97 Å². The van der Waals surface area contributed by atoms with Gasteiger partial charge in [-0.25, -0.2) is 8.78 Å². The van der Waals surface area contributed by atoms with Crippen LogP contribution in [-0.4, -0.2) is 31.8 Å². The van der Waals surface area contributed by atoms with E-state index < -0.39 is 23.5 Å². The second-order valence-electron chi connectivity index (χ2n) is 3.45. The van der Waals surface area contributed by atoms with Crippen molar-refractivity contribution in [2.75, 3.05) is 20.8 Å². The standard InChI is InChI=1S/C11H13F2NO4/c1-17-9-7(13)3-6(12)8(10(9)18-2)5(4-14)11(15)16/h3,5H,4,14H2,1-2H3,(H,15,16). The summed E-state index contributed by atoms with van der Waals surface area (Å²) in [6.07, 6.45) is 0. The van der Waals surface area contributed by atoms with E-state index >= 15 is 0 Å². The molecule has 0 aromatic heterocycles. The van der Waals surface area contributed by atoms with Crippen LogP contribution in [0.15, 0.2) is 6.07 Å². The maximum Gasteiger partial charge on any atom is 0.312 e. The first-order chi connectivity index (χ1) is 8.47. The van der Waals surface area contributed by atoms with Crippen molar-refractivity contribution in [1.82, 2.24) is 0 Å². The molecule has 18 heavy (non-hydrogen) atoms. The van der Waals surface area contributed by atoms with Gasteiger partial charge in [-0.2, -0.15) is 0 Å². The predicted molar refractivity (Wildman–Crippen MR) is 58.9 cm³/mol. The Labute approximate surface area is 102 Å². The molecule has 100 valence electrons. The molecule has 0 fully saturated rings. The second kappa shape index (κ2) is 5.63. The van der Waals surface area contributed by atoms with Gasteiger partial charge in [0.15, 0.2) is 17.3 Å². The lowest BCUT2D eigenvalue weighted by atomic mass is 9.97. The van der Waals surface area contributed by atoms with Gasteiger partial charge in [0.2, 0.25) is 0 Å². The van der Waals surface area contributed by atoms with Gasteiger partial charge in [0, 0.05) is 18.2 Å². The molecule has 0 aliphatic rings. The summed E-state index contributed by atoms with van der Waals surface area (Å²) < 4.78 is 36.7. The highest BCUT2D eigenvalue weighted by Crippen LogP contribution is 2.39. The lowest BCUT2D eigenvalue weighted by molar-refractivity contribution is -0.138. The molecule has 5 nitrogen and oxygen atoms in total. The van der Waals surface area contributed by atoms with Crippen LogP contribution in [0.2, 0.25) is 0 Å². The topological polar surface area (TPSA) is 81.8 Å². The van der Waals surface area contributed by atoms with Crippen LogP contribution in [0.25, 0.3) is 0 Å². The van der Waals surface area contributed by atoms with Gasteiger partial charge in [-0.1, -0.05) is 0 Å². The first kappa shape index (κ1) is 14.2. The van der Waals surface area contributed by atoms with Crippen LogP contribution >= 0.6 is 0 Å². The molecule has 0 radical (unpaired) electrons. The maximum absolute atomic E-state index is 13.7. The first-order valence-corrected chi connectivity index (χ1v) is 5.00. The molecule has 1 atom stereocenters. The number of carboxylic acids is 1. The summed E-state index contributed by atoms with van der Waals surface area (Å²) in [4.78, 5) is 11.0. The molecule has 0 saturated heterocycles. The number of ether oxygens (including phenoxy) is 2. The Balaban J connectivity index is 3.55. The fourth-order valence-electron chi connectivity index (χ4n) is 1.65. The third kappa shape index (κ3) is 2.35. The minimum absolute atomic E-state index is 0.298. The van der Waals surface area contributed by atoms with E-state index in [1.807, 2.05) is 0 Å². The molecule has 0 saturated carbocycles. The molecule has 7 heteroatoms. The average molecular weight is 261 g/mol. The number of halogens is 2. The Morgan fingerprint density at radius 1 is 1.33 bits per heavy atom. The summed E-state index contributed by atoms with van der Waals surface area (Å²) in [6.45, 7) is -0.350. The quantitative estimate of drug-likeness (QED) is 0.829. The maximum atomic E-state index is 13.7. The predicted octanol–water partition coefficient (Wildman–Crippen LogP) is 1.11. The zero-order valence-electron chi connectivity index (χ0n) is 9.87. The van der Waals surface area contributed by atoms with E-state index in [9.17, 15) is 13.6 Å². The number of carbonyl (C=O) groups is 1. The molecule has 0 aliphatic heterocycles. The van der Waals surface area contributed by atoms with Gasteiger partial charge in [0.05, 0.1) is 14.2 Å². The SMILES string of the molecule is COc1c(F)cc(F)c(C(CN)C(=O)O)c1OC. The summed E-state index contributed by atoms with van der Waals surface area (Å²) in [5, 5.41) is 8.97. The molecular weight excluding hydrogens is 248 g/mol. The van der Waals surface area contributed by atoms with Gasteiger partial charge in [-0.05, 0) is 0 Å². The van der Waals surface area contributed by atoms with Crippen molar-refractivity contribution in [1.29, 1.82) is 0 Å². The van der Waals surface area contributed by atoms with Crippen molar-refractivity contribution in [2.45, 2.75) is 5.92 Å². The van der Waals surface area contributed by atoms with Crippen LogP contribution < -0.4 is 15.2 Å². The van der Waals surface area contributed by atoms with Gasteiger partial charge in [-0.3, -0.25) is 4.79 Å². The number of nitrogens with two attached hydrogens (primary N) is 1. The van der Waals surface area contributed by atoms with Crippen LogP contribution in [0, 0.1) is 11.6 Å². The normalized spacial score (nSPS) is 12.1. The van der Waals surface area contributed by atoms with Crippen LogP contribution in [0.4, 0.5) is 8.78 Å². The van der Waals surface area contributed by atoms with E-state index in [1.54, 1.807) is 0 Å². The molecule has 0 bridgehead atoms. The highest BCUT2D eigenvalue weighted by atomic mass is 19.1. The Morgan fingerprint density at radius 2 is 1.89 bits per heavy atom. The van der Waals surface area contributed by atoms with E-state index in [4.69, 9.17) is 20.3 Å². The molecule has 1 aromatic rings. The fourth-order valence-corrected chi connectivity index (χ4v) is 1.65. The van der Waals surface area contributed by atoms with Gasteiger partial charge in [0.1, 0.15) is 11.7 Å². The molecule has 0 aliphatic carbocycles. The summed E-state index contributed by atoms with van der Waals surface area (Å²) in [7, 11) is 2.33. The lowest BCUT2D eigenvalue weighted by Crippen LogP contribution is -2.23. The largest absolute Gasteiger partial charge is 0.492 e. The number of carboxylic acid groups (broad SMARTS) is 1. The van der Waals surface area contributed by atoms with Crippen molar-refractivity contribution < 1.29 is 28.2 Å². The summed E-state index contributed by atoms with van der Waals surface area (Å²) >= 11 is 0. The molecule has 3 N–H and O–H groups in total. The average Bonchev–Trinajstić information content (AvgIpc) is 2.31. The van der Waals surface area contributed by atoms with E-state index in [2.05, 4.69) is 0 Å². The number of hydrogen-bond acceptors (Lipinski definition) is 4. The van der Waals surface area contributed by atoms with Gasteiger partial charge in [0.25, 0.3) is 0 Å². The molecule has 1 unspecified atom stereocenters. The molecule has 0 spiro atoms. The number of rotatable bonds is 5. The van der Waals surface area contributed by atoms with Crippen molar-refractivity contribution in [3.8, 4) is 11.5 Å². The number of methoxy groups -OCH3 is 2. The van der Waals surface area contributed by atoms with Crippen LogP contribution in [0.3, 0.4) is 0 Å². The van der Waals surface area contributed by atoms with Crippen LogP contribution in [-0.2, 0) is 4.79 Å². The summed E-state index contributed by atoms with van der Waals surface area (Å²) in [5.74, 6) is -5.33. The monoisotopic (exact) mass is 261 g/mol. The molecule has 0 amide bonds. The van der Waals surface area contributed by atoms with Crippen LogP contribution in [0.1, 0.15) is 11.5 Å². The highest BCUT2D eigenvalue weighted by Gasteiger charge is 2.30. The Kier molecular flexibility index (Phi) is 4.43. The van der Waals surface area contributed by atoms with Gasteiger partial charge < -0.3 is 20.3 Å². The minimum atomic E-state index is -1.34. The molecule has 1 rings (SSSR count). The van der Waals surface area contributed by atoms with E-state index in [0.29, 0.717) is 6.07 Å². The van der Waals surface area contributed by atoms with Crippen LogP contribution in [0.5, 0.6) is 11.5 Å². The number of benzene rings is 1.